The van der Waals surface area contributed by atoms with Crippen molar-refractivity contribution in [3.63, 3.8) is 0 Å². The van der Waals surface area contributed by atoms with Crippen LogP contribution < -0.4 is 21.3 Å². The van der Waals surface area contributed by atoms with Gasteiger partial charge in [0, 0.05) is 38.9 Å². The Morgan fingerprint density at radius 3 is 2.16 bits per heavy atom. The lowest BCUT2D eigenvalue weighted by atomic mass is 9.33. The number of hydrogen-bond donors (Lipinski definition) is 0. The SMILES string of the molecule is Cc1cc2c3c(c1)-n1c(-c4ccccc4)c(-c4ccccc4)c4cccc(c41)B3c1cccc3c1N2C1(C)CCCCC31C. The molecular formula is C41H35BN2. The average molecular weight is 567 g/mol. The van der Waals surface area contributed by atoms with Crippen LogP contribution in [0.5, 0.6) is 0 Å². The lowest BCUT2D eigenvalue weighted by Crippen LogP contribution is -2.64. The van der Waals surface area contributed by atoms with E-state index in [0.717, 1.165) is 0 Å². The summed E-state index contributed by atoms with van der Waals surface area (Å²) in [6.07, 6.45) is 5.08. The third-order valence-electron chi connectivity index (χ3n) is 12.0. The molecule has 10 rings (SSSR count). The van der Waals surface area contributed by atoms with E-state index < -0.39 is 0 Å². The van der Waals surface area contributed by atoms with Crippen LogP contribution in [0.25, 0.3) is 39.0 Å². The van der Waals surface area contributed by atoms with Gasteiger partial charge < -0.3 is 9.47 Å². The Bertz CT molecular complexity index is 2180. The standard InChI is InChI=1S/C41H35BN2/c1-26-24-33-36-34(25-26)44-39-30(40(2)22-10-11-23-41(40,44)3)19-13-21-32(39)42(36)31-20-12-18-29-35(27-14-6-4-7-15-27)37(43(33)38(29)31)28-16-8-5-9-17-28/h4-9,12-21,24-25H,10-11,22-23H2,1-3H3. The molecule has 1 aromatic heterocycles. The minimum atomic E-state index is 0.0522. The number of rotatable bonds is 2. The maximum Gasteiger partial charge on any atom is 0.252 e. The fraction of sp³-hybridized carbons (Fsp3) is 0.220. The Kier molecular flexibility index (Phi) is 4.73. The first-order valence-electron chi connectivity index (χ1n) is 16.4. The highest BCUT2D eigenvalue weighted by atomic mass is 15.3. The van der Waals surface area contributed by atoms with Gasteiger partial charge >= 0.3 is 0 Å². The highest BCUT2D eigenvalue weighted by Gasteiger charge is 2.61. The zero-order valence-corrected chi connectivity index (χ0v) is 25.7. The van der Waals surface area contributed by atoms with Crippen molar-refractivity contribution in [2.24, 2.45) is 0 Å². The lowest BCUT2D eigenvalue weighted by Gasteiger charge is -2.52. The van der Waals surface area contributed by atoms with E-state index in [-0.39, 0.29) is 17.7 Å². The molecule has 2 atom stereocenters. The van der Waals surface area contributed by atoms with Gasteiger partial charge in [0.25, 0.3) is 6.71 Å². The second-order valence-electron chi connectivity index (χ2n) is 14.1. The van der Waals surface area contributed by atoms with Gasteiger partial charge in [-0.05, 0) is 77.5 Å². The Balaban J connectivity index is 1.40. The molecule has 2 unspecified atom stereocenters. The van der Waals surface area contributed by atoms with Crippen LogP contribution in [0, 0.1) is 6.92 Å². The zero-order chi connectivity index (χ0) is 29.4. The van der Waals surface area contributed by atoms with E-state index >= 15 is 0 Å². The summed E-state index contributed by atoms with van der Waals surface area (Å²) in [7, 11) is 0. The normalized spacial score (nSPS) is 22.2. The van der Waals surface area contributed by atoms with Crippen LogP contribution >= 0.6 is 0 Å². The molecule has 2 nitrogen and oxygen atoms in total. The fourth-order valence-corrected chi connectivity index (χ4v) is 9.91. The van der Waals surface area contributed by atoms with E-state index in [4.69, 9.17) is 0 Å². The molecule has 212 valence electrons. The van der Waals surface area contributed by atoms with E-state index in [1.807, 2.05) is 0 Å². The average Bonchev–Trinajstić information content (AvgIpc) is 3.51. The molecular weight excluding hydrogens is 531 g/mol. The Labute approximate surface area is 260 Å². The molecule has 4 aliphatic rings. The number of benzene rings is 5. The monoisotopic (exact) mass is 566 g/mol. The van der Waals surface area contributed by atoms with Gasteiger partial charge in [-0.25, -0.2) is 0 Å². The minimum Gasteiger partial charge on any atom is -0.335 e. The molecule has 1 fully saturated rings. The molecule has 1 saturated carbocycles. The van der Waals surface area contributed by atoms with E-state index in [2.05, 4.69) is 139 Å². The smallest absolute Gasteiger partial charge is 0.252 e. The minimum absolute atomic E-state index is 0.0522. The second-order valence-corrected chi connectivity index (χ2v) is 14.1. The molecule has 1 aliphatic carbocycles. The van der Waals surface area contributed by atoms with Crippen molar-refractivity contribution in [3.8, 4) is 28.1 Å². The summed E-state index contributed by atoms with van der Waals surface area (Å²) in [6.45, 7) is 7.64. The number of aryl methyl sites for hydroxylation is 1. The first-order chi connectivity index (χ1) is 21.5. The summed E-state index contributed by atoms with van der Waals surface area (Å²) < 4.78 is 2.64. The van der Waals surface area contributed by atoms with E-state index in [1.165, 1.54) is 98.0 Å². The van der Waals surface area contributed by atoms with Crippen LogP contribution in [0.1, 0.15) is 50.7 Å². The van der Waals surface area contributed by atoms with Crippen molar-refractivity contribution < 1.29 is 0 Å². The third-order valence-corrected chi connectivity index (χ3v) is 12.0. The molecule has 0 saturated heterocycles. The molecule has 3 heteroatoms. The predicted molar refractivity (Wildman–Crippen MR) is 186 cm³/mol. The molecule has 3 aliphatic heterocycles. The van der Waals surface area contributed by atoms with Gasteiger partial charge in [0.05, 0.1) is 11.2 Å². The van der Waals surface area contributed by atoms with Gasteiger partial charge in [0.1, 0.15) is 0 Å². The van der Waals surface area contributed by atoms with Crippen LogP contribution in [0.3, 0.4) is 0 Å². The first-order valence-corrected chi connectivity index (χ1v) is 16.4. The molecule has 0 amide bonds. The maximum absolute atomic E-state index is 2.83. The van der Waals surface area contributed by atoms with E-state index in [1.54, 1.807) is 5.56 Å². The van der Waals surface area contributed by atoms with Gasteiger partial charge in [-0.1, -0.05) is 117 Å². The van der Waals surface area contributed by atoms with Gasteiger partial charge in [-0.15, -0.1) is 0 Å². The van der Waals surface area contributed by atoms with Crippen LogP contribution in [0.15, 0.2) is 109 Å². The zero-order valence-electron chi connectivity index (χ0n) is 25.7. The number of hydrogen-bond acceptors (Lipinski definition) is 1. The van der Waals surface area contributed by atoms with Crippen LogP contribution in [-0.2, 0) is 5.41 Å². The number of para-hydroxylation sites is 2. The molecule has 44 heavy (non-hydrogen) atoms. The van der Waals surface area contributed by atoms with Crippen LogP contribution in [-0.4, -0.2) is 16.8 Å². The summed E-state index contributed by atoms with van der Waals surface area (Å²) in [5, 5.41) is 1.34. The summed E-state index contributed by atoms with van der Waals surface area (Å²) in [4.78, 5) is 2.83. The molecule has 0 bridgehead atoms. The Hall–Kier alpha value is -4.50. The van der Waals surface area contributed by atoms with Crippen LogP contribution in [0.2, 0.25) is 0 Å². The predicted octanol–water partition coefficient (Wildman–Crippen LogP) is 8.16. The van der Waals surface area contributed by atoms with Gasteiger partial charge in [-0.3, -0.25) is 0 Å². The van der Waals surface area contributed by atoms with Crippen molar-refractivity contribution in [3.05, 3.63) is 120 Å². The second kappa shape index (κ2) is 8.36. The highest BCUT2D eigenvalue weighted by molar-refractivity contribution is 7.00. The van der Waals surface area contributed by atoms with Crippen molar-refractivity contribution in [2.75, 3.05) is 4.90 Å². The summed E-state index contributed by atoms with van der Waals surface area (Å²) in [5.41, 5.74) is 18.2. The van der Waals surface area contributed by atoms with Crippen molar-refractivity contribution in [1.29, 1.82) is 0 Å². The van der Waals surface area contributed by atoms with E-state index in [9.17, 15) is 0 Å². The topological polar surface area (TPSA) is 8.17 Å². The summed E-state index contributed by atoms with van der Waals surface area (Å²) in [5.74, 6) is 0. The highest BCUT2D eigenvalue weighted by Crippen LogP contribution is 2.61. The molecule has 0 spiro atoms. The van der Waals surface area contributed by atoms with Gasteiger partial charge in [-0.2, -0.15) is 0 Å². The lowest BCUT2D eigenvalue weighted by molar-refractivity contribution is 0.195. The largest absolute Gasteiger partial charge is 0.335 e. The maximum atomic E-state index is 2.83. The van der Waals surface area contributed by atoms with E-state index in [0.29, 0.717) is 0 Å². The molecule has 4 heterocycles. The first kappa shape index (κ1) is 24.9. The number of fused-ring (bicyclic) bond motifs is 7. The molecule has 6 aromatic rings. The van der Waals surface area contributed by atoms with Crippen molar-refractivity contribution >= 4 is 45.4 Å². The number of aromatic nitrogens is 1. The Morgan fingerprint density at radius 2 is 1.36 bits per heavy atom. The molecule has 0 N–H and O–H groups in total. The fourth-order valence-electron chi connectivity index (χ4n) is 9.91. The number of anilines is 2. The molecule has 0 radical (unpaired) electrons. The number of nitrogens with zero attached hydrogens (tertiary/aromatic N) is 2. The van der Waals surface area contributed by atoms with Crippen molar-refractivity contribution in [1.82, 2.24) is 4.57 Å². The third kappa shape index (κ3) is 2.80. The molecule has 5 aromatic carbocycles. The van der Waals surface area contributed by atoms with Gasteiger partial charge in [0.2, 0.25) is 0 Å². The van der Waals surface area contributed by atoms with Crippen LogP contribution in [0.4, 0.5) is 11.4 Å². The quantitative estimate of drug-likeness (QED) is 0.192. The summed E-state index contributed by atoms with van der Waals surface area (Å²) >= 11 is 0. The van der Waals surface area contributed by atoms with Gasteiger partial charge in [0.15, 0.2) is 0 Å². The Morgan fingerprint density at radius 1 is 0.682 bits per heavy atom. The summed E-state index contributed by atoms with van der Waals surface area (Å²) in [6, 6.07) is 41.4. The van der Waals surface area contributed by atoms with Crippen molar-refractivity contribution in [2.45, 2.75) is 57.4 Å².